The van der Waals surface area contributed by atoms with Gasteiger partial charge in [-0.3, -0.25) is 0 Å². The minimum absolute atomic E-state index is 0.0953. The molecule has 4 atom stereocenters. The van der Waals surface area contributed by atoms with Crippen LogP contribution in [0, 0.1) is 11.3 Å². The van der Waals surface area contributed by atoms with Gasteiger partial charge < -0.3 is 20.4 Å². The second kappa shape index (κ2) is 7.76. The van der Waals surface area contributed by atoms with Crippen molar-refractivity contribution in [3.63, 3.8) is 0 Å². The fourth-order valence-corrected chi connectivity index (χ4v) is 4.55. The lowest BCUT2D eigenvalue weighted by atomic mass is 9.59. The van der Waals surface area contributed by atoms with Gasteiger partial charge in [0.25, 0.3) is 0 Å². The van der Waals surface area contributed by atoms with Crippen LogP contribution in [-0.2, 0) is 16.2 Å². The highest BCUT2D eigenvalue weighted by atomic mass is 16.4. The van der Waals surface area contributed by atoms with E-state index < -0.39 is 17.5 Å². The molecule has 0 aliphatic heterocycles. The van der Waals surface area contributed by atoms with Gasteiger partial charge in [-0.1, -0.05) is 38.1 Å². The quantitative estimate of drug-likeness (QED) is 0.600. The van der Waals surface area contributed by atoms with Crippen LogP contribution < -0.4 is 0 Å². The van der Waals surface area contributed by atoms with E-state index in [1.54, 1.807) is 0 Å². The molecular weight excluding hydrogens is 336 g/mol. The highest BCUT2D eigenvalue weighted by Crippen LogP contribution is 2.60. The van der Waals surface area contributed by atoms with Crippen LogP contribution in [0.1, 0.15) is 63.0 Å². The van der Waals surface area contributed by atoms with E-state index in [1.165, 1.54) is 5.56 Å². The molecule has 4 N–H and O–H groups in total. The molecule has 0 aromatic heterocycles. The van der Waals surface area contributed by atoms with E-state index in [0.717, 1.165) is 37.7 Å². The molecule has 0 radical (unpaired) electrons. The summed E-state index contributed by atoms with van der Waals surface area (Å²) >= 11 is 0. The minimum atomic E-state index is -1.82. The third-order valence-electron chi connectivity index (χ3n) is 6.53. The number of aliphatic hydroxyl groups is 2. The van der Waals surface area contributed by atoms with Crippen molar-refractivity contribution in [2.24, 2.45) is 11.3 Å². The highest BCUT2D eigenvalue weighted by molar-refractivity contribution is 6.27. The van der Waals surface area contributed by atoms with E-state index in [2.05, 4.69) is 26.0 Å². The Balaban J connectivity index is 0.000000352. The summed E-state index contributed by atoms with van der Waals surface area (Å²) in [7, 11) is 0. The fraction of sp³-hybridized carbons (Fsp3) is 0.600. The maximum atomic E-state index is 11.1. The number of carbonyl (C=O) groups is 2. The molecule has 3 rings (SSSR count). The van der Waals surface area contributed by atoms with Crippen LogP contribution in [0.3, 0.4) is 0 Å². The summed E-state index contributed by atoms with van der Waals surface area (Å²) in [5.74, 6) is -2.59. The number of aliphatic carboxylic acids is 2. The number of rotatable bonds is 2. The molecule has 2 saturated carbocycles. The zero-order valence-electron chi connectivity index (χ0n) is 15.3. The second-order valence-electron chi connectivity index (χ2n) is 7.84. The van der Waals surface area contributed by atoms with Crippen molar-refractivity contribution in [1.29, 1.82) is 0 Å². The number of aliphatic hydroxyl groups excluding tert-OH is 1. The van der Waals surface area contributed by atoms with Crippen molar-refractivity contribution in [1.82, 2.24) is 0 Å². The van der Waals surface area contributed by atoms with Gasteiger partial charge in [0.1, 0.15) is 0 Å². The van der Waals surface area contributed by atoms with Gasteiger partial charge in [-0.15, -0.1) is 0 Å². The van der Waals surface area contributed by atoms with Gasteiger partial charge >= 0.3 is 11.9 Å². The van der Waals surface area contributed by atoms with Crippen molar-refractivity contribution in [3.8, 4) is 0 Å². The van der Waals surface area contributed by atoms with E-state index in [-0.39, 0.29) is 12.0 Å². The normalized spacial score (nSPS) is 32.9. The van der Waals surface area contributed by atoms with Crippen molar-refractivity contribution >= 4 is 11.9 Å². The van der Waals surface area contributed by atoms with Crippen LogP contribution >= 0.6 is 0 Å². The summed E-state index contributed by atoms with van der Waals surface area (Å²) in [5.41, 5.74) is 1.86. The number of carboxylic acids is 2. The van der Waals surface area contributed by atoms with Crippen molar-refractivity contribution < 1.29 is 30.0 Å². The number of hydrogen-bond donors (Lipinski definition) is 4. The average molecular weight is 364 g/mol. The van der Waals surface area contributed by atoms with Crippen LogP contribution in [0.5, 0.6) is 0 Å². The summed E-state index contributed by atoms with van der Waals surface area (Å²) in [5, 5.41) is 35.2. The molecule has 1 aromatic carbocycles. The summed E-state index contributed by atoms with van der Waals surface area (Å²) < 4.78 is 0. The average Bonchev–Trinajstić information content (AvgIpc) is 2.85. The van der Waals surface area contributed by atoms with Crippen LogP contribution in [0.25, 0.3) is 0 Å². The summed E-state index contributed by atoms with van der Waals surface area (Å²) in [6, 6.07) is 8.24. The topological polar surface area (TPSA) is 115 Å². The Kier molecular flexibility index (Phi) is 6.09. The number of hydrogen-bond acceptors (Lipinski definition) is 4. The maximum Gasteiger partial charge on any atom is 0.414 e. The SMILES string of the molecule is CC1CCC2(O)CC(c3cccc(CO)c3)CCC12C.O=C(O)C(=O)O. The van der Waals surface area contributed by atoms with Gasteiger partial charge in [-0.25, -0.2) is 9.59 Å². The first-order chi connectivity index (χ1) is 12.1. The Morgan fingerprint density at radius 1 is 1.15 bits per heavy atom. The monoisotopic (exact) mass is 364 g/mol. The first-order valence-corrected chi connectivity index (χ1v) is 9.01. The molecular formula is C20H28O6. The molecule has 0 bridgehead atoms. The molecule has 6 nitrogen and oxygen atoms in total. The molecule has 144 valence electrons. The lowest BCUT2D eigenvalue weighted by Crippen LogP contribution is -2.48. The largest absolute Gasteiger partial charge is 0.473 e. The van der Waals surface area contributed by atoms with Gasteiger partial charge in [-0.2, -0.15) is 0 Å². The molecule has 2 aliphatic carbocycles. The lowest BCUT2D eigenvalue weighted by Gasteiger charge is -2.49. The Bertz CT molecular complexity index is 660. The summed E-state index contributed by atoms with van der Waals surface area (Å²) in [6.07, 6.45) is 5.23. The zero-order valence-corrected chi connectivity index (χ0v) is 15.3. The van der Waals surface area contributed by atoms with Gasteiger partial charge in [0, 0.05) is 0 Å². The van der Waals surface area contributed by atoms with Crippen LogP contribution in [0.2, 0.25) is 0 Å². The van der Waals surface area contributed by atoms with Crippen LogP contribution in [0.15, 0.2) is 24.3 Å². The Morgan fingerprint density at radius 3 is 2.38 bits per heavy atom. The van der Waals surface area contributed by atoms with Gasteiger partial charge in [0.15, 0.2) is 0 Å². The van der Waals surface area contributed by atoms with Gasteiger partial charge in [-0.05, 0) is 60.5 Å². The predicted molar refractivity (Wildman–Crippen MR) is 95.7 cm³/mol. The Hall–Kier alpha value is -1.92. The van der Waals surface area contributed by atoms with Crippen LogP contribution in [0.4, 0.5) is 0 Å². The zero-order chi connectivity index (χ0) is 19.5. The molecule has 0 saturated heterocycles. The van der Waals surface area contributed by atoms with E-state index in [9.17, 15) is 10.2 Å². The molecule has 0 spiro atoms. The molecule has 26 heavy (non-hydrogen) atoms. The molecule has 2 aliphatic rings. The highest BCUT2D eigenvalue weighted by Gasteiger charge is 2.57. The third-order valence-corrected chi connectivity index (χ3v) is 6.53. The molecule has 6 heteroatoms. The van der Waals surface area contributed by atoms with Crippen LogP contribution in [-0.4, -0.2) is 38.0 Å². The third kappa shape index (κ3) is 3.91. The molecule has 1 aromatic rings. The van der Waals surface area contributed by atoms with Gasteiger partial charge in [0.2, 0.25) is 0 Å². The minimum Gasteiger partial charge on any atom is -0.473 e. The molecule has 2 fully saturated rings. The predicted octanol–water partition coefficient (Wildman–Crippen LogP) is 2.77. The van der Waals surface area contributed by atoms with E-state index in [0.29, 0.717) is 11.8 Å². The van der Waals surface area contributed by atoms with Crippen molar-refractivity contribution in [2.45, 2.75) is 64.1 Å². The smallest absolute Gasteiger partial charge is 0.414 e. The number of carboxylic acid groups (broad SMARTS) is 2. The second-order valence-corrected chi connectivity index (χ2v) is 7.84. The number of benzene rings is 1. The standard InChI is InChI=1S/C18H26O2.C2H2O4/c1-13-6-9-18(20)11-16(7-8-17(13,18)2)15-5-3-4-14(10-15)12-19;3-1(4)2(5)6/h3-5,10,13,16,19-20H,6-9,11-12H2,1-2H3;(H,3,4)(H,5,6). The maximum absolute atomic E-state index is 11.1. The Morgan fingerprint density at radius 2 is 1.81 bits per heavy atom. The van der Waals surface area contributed by atoms with E-state index >= 15 is 0 Å². The molecule has 0 amide bonds. The van der Waals surface area contributed by atoms with E-state index in [1.807, 2.05) is 12.1 Å². The summed E-state index contributed by atoms with van der Waals surface area (Å²) in [4.78, 5) is 18.2. The first kappa shape index (κ1) is 20.4. The molecule has 4 unspecified atom stereocenters. The molecule has 0 heterocycles. The van der Waals surface area contributed by atoms with Gasteiger partial charge in [0.05, 0.1) is 12.2 Å². The van der Waals surface area contributed by atoms with Crippen molar-refractivity contribution in [2.75, 3.05) is 0 Å². The lowest BCUT2D eigenvalue weighted by molar-refractivity contribution is -0.159. The first-order valence-electron chi connectivity index (χ1n) is 9.01. The summed E-state index contributed by atoms with van der Waals surface area (Å²) in [6.45, 7) is 4.68. The Labute approximate surface area is 153 Å². The fourth-order valence-electron chi connectivity index (χ4n) is 4.55. The van der Waals surface area contributed by atoms with Crippen molar-refractivity contribution in [3.05, 3.63) is 35.4 Å². The van der Waals surface area contributed by atoms with E-state index in [4.69, 9.17) is 19.8 Å². The number of fused-ring (bicyclic) bond motifs is 1.